The van der Waals surface area contributed by atoms with E-state index in [0.717, 1.165) is 95.0 Å². The average molecular weight is 971 g/mol. The molecule has 18 nitrogen and oxygen atoms in total. The van der Waals surface area contributed by atoms with Gasteiger partial charge in [0.25, 0.3) is 0 Å². The van der Waals surface area contributed by atoms with Crippen molar-refractivity contribution in [3.8, 4) is 17.7 Å². The van der Waals surface area contributed by atoms with Gasteiger partial charge < -0.3 is 66.1 Å². The topological polar surface area (TPSA) is 242 Å². The number of nitrogens with two attached hydrogens (primary N) is 3. The van der Waals surface area contributed by atoms with Crippen LogP contribution in [0.25, 0.3) is 5.70 Å². The molecule has 3 atom stereocenters. The number of piperidine rings is 2. The van der Waals surface area contributed by atoms with Crippen molar-refractivity contribution in [1.82, 2.24) is 30.2 Å². The molecule has 4 aliphatic heterocycles. The first-order valence-electron chi connectivity index (χ1n) is 25.1. The summed E-state index contributed by atoms with van der Waals surface area (Å²) < 4.78 is 18.7. The van der Waals surface area contributed by atoms with Crippen LogP contribution in [0.1, 0.15) is 93.7 Å². The van der Waals surface area contributed by atoms with E-state index < -0.39 is 12.0 Å². The fourth-order valence-corrected chi connectivity index (χ4v) is 10.2. The molecule has 0 bridgehead atoms. The Morgan fingerprint density at radius 3 is 2.30 bits per heavy atom. The quantitative estimate of drug-likeness (QED) is 0.0876. The van der Waals surface area contributed by atoms with Gasteiger partial charge in [0.05, 0.1) is 36.1 Å². The zero-order chi connectivity index (χ0) is 50.0. The van der Waals surface area contributed by atoms with E-state index in [9.17, 15) is 14.7 Å². The Bertz CT molecular complexity index is 2530. The molecule has 0 spiro atoms. The first-order chi connectivity index (χ1) is 34.3. The summed E-state index contributed by atoms with van der Waals surface area (Å²) in [5.74, 6) is 1.20. The molecule has 0 aliphatic carbocycles. The van der Waals surface area contributed by atoms with Crippen LogP contribution in [0, 0.1) is 17.2 Å². The zero-order valence-electron chi connectivity index (χ0n) is 41.3. The smallest absolute Gasteiger partial charge is 0.243 e. The summed E-state index contributed by atoms with van der Waals surface area (Å²) >= 11 is 0. The molecule has 0 radical (unpaired) electrons. The number of para-hydroxylation sites is 1. The summed E-state index contributed by atoms with van der Waals surface area (Å²) in [5, 5.41) is 26.9. The number of phenolic OH excluding ortho intramolecular Hbond substituents is 1. The van der Waals surface area contributed by atoms with Gasteiger partial charge in [0.15, 0.2) is 11.6 Å². The Hall–Kier alpha value is -6.97. The van der Waals surface area contributed by atoms with E-state index in [1.165, 1.54) is 0 Å². The standard InChI is InChI=1S/C53H70N12O6/c1-35(2)50(53(68)65-20-6-8-44(65)52(67)59-36(3)38-12-10-37(34-54)11-13-38)47-33-48(60-71-47)64-23-17-40(18-24-64)69-30-29-61-21-15-41(16-22-61)70-49-31-39(14-19-58-49)62-25-27-63(28-26-62)45(51(56)57)32-43(55)42-7-4-5-9-46(42)66/h4-5,7,9-14,19,31-33,35-36,40-41,44,50,66H,6,8,15-18,20-30,55-57H2,1-3H3,(H,59,67)/b43-32-. The van der Waals surface area contributed by atoms with Crippen LogP contribution < -0.4 is 37.1 Å². The number of nitriles is 1. The molecule has 8 rings (SSSR count). The number of piperazine rings is 1. The number of anilines is 2. The number of pyridine rings is 1. The Kier molecular flexibility index (Phi) is 16.5. The van der Waals surface area contributed by atoms with Gasteiger partial charge in [-0.1, -0.05) is 43.3 Å². The van der Waals surface area contributed by atoms with Crippen LogP contribution in [0.2, 0.25) is 0 Å². The number of carbonyl (C=O) groups excluding carboxylic acids is 2. The third-order valence-corrected chi connectivity index (χ3v) is 14.3. The van der Waals surface area contributed by atoms with Gasteiger partial charge in [0.1, 0.15) is 29.6 Å². The molecule has 2 aromatic heterocycles. The molecule has 6 heterocycles. The molecular formula is C53H70N12O6. The molecule has 71 heavy (non-hydrogen) atoms. The normalized spacial score (nSPS) is 19.4. The van der Waals surface area contributed by atoms with Crippen molar-refractivity contribution in [1.29, 1.82) is 5.26 Å². The van der Waals surface area contributed by atoms with Crippen molar-refractivity contribution >= 4 is 29.0 Å². The molecule has 2 amide bonds. The average Bonchev–Trinajstić information content (AvgIpc) is 4.08. The summed E-state index contributed by atoms with van der Waals surface area (Å²) in [6.07, 6.45) is 8.67. The highest BCUT2D eigenvalue weighted by atomic mass is 16.5. The number of ether oxygens (including phenoxy) is 2. The van der Waals surface area contributed by atoms with Gasteiger partial charge in [-0.15, -0.1) is 0 Å². The first kappa shape index (κ1) is 50.4. The molecule has 8 N–H and O–H groups in total. The number of hydrogen-bond acceptors (Lipinski definition) is 16. The van der Waals surface area contributed by atoms with Crippen molar-refractivity contribution in [2.24, 2.45) is 23.1 Å². The van der Waals surface area contributed by atoms with E-state index in [-0.39, 0.29) is 47.6 Å². The van der Waals surface area contributed by atoms with E-state index in [2.05, 4.69) is 41.1 Å². The van der Waals surface area contributed by atoms with Gasteiger partial charge in [-0.2, -0.15) is 5.26 Å². The van der Waals surface area contributed by atoms with Crippen LogP contribution in [0.4, 0.5) is 11.5 Å². The van der Waals surface area contributed by atoms with Crippen LogP contribution in [-0.2, 0) is 14.3 Å². The van der Waals surface area contributed by atoms with Crippen molar-refractivity contribution in [2.45, 2.75) is 89.5 Å². The van der Waals surface area contributed by atoms with Crippen LogP contribution in [0.15, 0.2) is 95.0 Å². The predicted molar refractivity (Wildman–Crippen MR) is 272 cm³/mol. The second-order valence-corrected chi connectivity index (χ2v) is 19.5. The van der Waals surface area contributed by atoms with Crippen molar-refractivity contribution in [3.63, 3.8) is 0 Å². The summed E-state index contributed by atoms with van der Waals surface area (Å²) in [5.41, 5.74) is 22.6. The predicted octanol–water partition coefficient (Wildman–Crippen LogP) is 4.99. The number of rotatable bonds is 17. The van der Waals surface area contributed by atoms with Crippen molar-refractivity contribution < 1.29 is 28.7 Å². The van der Waals surface area contributed by atoms with E-state index in [4.69, 9.17) is 36.5 Å². The number of hydrogen-bond donors (Lipinski definition) is 5. The summed E-state index contributed by atoms with van der Waals surface area (Å²) in [6.45, 7) is 14.2. The summed E-state index contributed by atoms with van der Waals surface area (Å²) in [6, 6.07) is 21.3. The van der Waals surface area contributed by atoms with Crippen LogP contribution in [-0.4, -0.2) is 132 Å². The lowest BCUT2D eigenvalue weighted by molar-refractivity contribution is -0.141. The fourth-order valence-electron chi connectivity index (χ4n) is 10.2. The minimum atomic E-state index is -0.566. The van der Waals surface area contributed by atoms with Gasteiger partial charge in [-0.25, -0.2) is 4.98 Å². The van der Waals surface area contributed by atoms with E-state index in [1.807, 2.05) is 57.2 Å². The fraction of sp³-hybridized carbons (Fsp3) is 0.491. The van der Waals surface area contributed by atoms with Crippen LogP contribution >= 0.6 is 0 Å². The highest BCUT2D eigenvalue weighted by Crippen LogP contribution is 2.34. The third kappa shape index (κ3) is 12.5. The molecule has 4 fully saturated rings. The Morgan fingerprint density at radius 2 is 1.61 bits per heavy atom. The lowest BCUT2D eigenvalue weighted by atomic mass is 9.91. The number of carbonyl (C=O) groups is 2. The minimum absolute atomic E-state index is 0.0684. The summed E-state index contributed by atoms with van der Waals surface area (Å²) in [4.78, 5) is 43.0. The maximum absolute atomic E-state index is 14.2. The maximum Gasteiger partial charge on any atom is 0.243 e. The Balaban J connectivity index is 0.738. The third-order valence-electron chi connectivity index (χ3n) is 14.3. The van der Waals surface area contributed by atoms with Gasteiger partial charge in [-0.05, 0) is 93.3 Å². The molecule has 4 aromatic rings. The van der Waals surface area contributed by atoms with Gasteiger partial charge >= 0.3 is 0 Å². The number of aromatic nitrogens is 2. The van der Waals surface area contributed by atoms with Gasteiger partial charge in [-0.3, -0.25) is 9.59 Å². The molecule has 2 aromatic carbocycles. The van der Waals surface area contributed by atoms with Gasteiger partial charge in [0, 0.05) is 101 Å². The highest BCUT2D eigenvalue weighted by molar-refractivity contribution is 5.91. The molecule has 3 unspecified atom stereocenters. The number of aromatic hydroxyl groups is 1. The number of nitrogens with zero attached hydrogens (tertiary/aromatic N) is 8. The molecule has 18 heteroatoms. The second-order valence-electron chi connectivity index (χ2n) is 19.5. The van der Waals surface area contributed by atoms with E-state index in [1.54, 1.807) is 47.5 Å². The number of allylic oxidation sites excluding steroid dienone is 1. The lowest BCUT2D eigenvalue weighted by Gasteiger charge is -2.38. The molecule has 378 valence electrons. The molecule has 4 aliphatic rings. The SMILES string of the molecule is CC(NC(=O)C1CCCN1C(=O)C(c1cc(N2CCC(OCCN3CCC(Oc4cc(N5CCN(C(/C=C(\N)c6ccccc6O)=C(N)N)CC5)ccn4)CC3)CC2)no1)C(C)C)c1ccc(C#N)cc1. The maximum atomic E-state index is 14.2. The highest BCUT2D eigenvalue weighted by Gasteiger charge is 2.41. The first-order valence-corrected chi connectivity index (χ1v) is 25.1. The lowest BCUT2D eigenvalue weighted by Crippen LogP contribution is -2.48. The Morgan fingerprint density at radius 1 is 0.887 bits per heavy atom. The Labute approximate surface area is 417 Å². The van der Waals surface area contributed by atoms with E-state index >= 15 is 0 Å². The summed E-state index contributed by atoms with van der Waals surface area (Å²) in [7, 11) is 0. The minimum Gasteiger partial charge on any atom is -0.507 e. The molecule has 0 saturated carbocycles. The zero-order valence-corrected chi connectivity index (χ0v) is 41.3. The van der Waals surface area contributed by atoms with Crippen molar-refractivity contribution in [2.75, 3.05) is 81.9 Å². The van der Waals surface area contributed by atoms with E-state index in [0.29, 0.717) is 66.8 Å². The second kappa shape index (κ2) is 23.3. The van der Waals surface area contributed by atoms with Crippen LogP contribution in [0.5, 0.6) is 11.6 Å². The monoisotopic (exact) mass is 971 g/mol. The number of phenols is 1. The van der Waals surface area contributed by atoms with Crippen molar-refractivity contribution in [3.05, 3.63) is 113 Å². The number of benzene rings is 2. The largest absolute Gasteiger partial charge is 0.507 e. The molecule has 4 saturated heterocycles. The van der Waals surface area contributed by atoms with Crippen LogP contribution in [0.3, 0.4) is 0 Å². The number of amides is 2. The number of likely N-dealkylation sites (tertiary alicyclic amines) is 2. The van der Waals surface area contributed by atoms with Gasteiger partial charge in [0.2, 0.25) is 17.7 Å². The number of nitrogens with one attached hydrogen (secondary N) is 1. The molecular weight excluding hydrogens is 901 g/mol.